The third-order valence-corrected chi connectivity index (χ3v) is 17.4. The number of ether oxygens (including phenoxy) is 1. The average Bonchev–Trinajstić information content (AvgIpc) is 2.27. The Hall–Kier alpha value is 0.689. The molecule has 6 heteroatoms. The van der Waals surface area contributed by atoms with Crippen LogP contribution in [0.5, 0.6) is 5.75 Å². The van der Waals surface area contributed by atoms with Gasteiger partial charge in [-0.05, 0) is 0 Å². The summed E-state index contributed by atoms with van der Waals surface area (Å²) in [5.41, 5.74) is 0. The van der Waals surface area contributed by atoms with Crippen LogP contribution in [-0.2, 0) is 4.79 Å². The first-order valence-corrected chi connectivity index (χ1v) is 12.0. The van der Waals surface area contributed by atoms with E-state index in [1.54, 1.807) is 14.0 Å². The second-order valence-electron chi connectivity index (χ2n) is 2.92. The van der Waals surface area contributed by atoms with Gasteiger partial charge in [-0.25, -0.2) is 0 Å². The molecule has 0 aliphatic rings. The molecule has 2 nitrogen and oxygen atoms in total. The molecule has 1 aromatic rings. The summed E-state index contributed by atoms with van der Waals surface area (Å²) >= 11 is 7.35. The first-order chi connectivity index (χ1) is 7.45. The maximum atomic E-state index is 11.3. The van der Waals surface area contributed by atoms with E-state index in [0.29, 0.717) is 13.1 Å². The van der Waals surface area contributed by atoms with Crippen molar-refractivity contribution in [3.8, 4) is 5.75 Å². The number of Topliss-reactive ketones (excluding diaryl/α,β-unsaturated/α-hetero) is 1. The summed E-state index contributed by atoms with van der Waals surface area (Å²) in [6.07, 6.45) is 0. The molecule has 0 saturated carbocycles. The first-order valence-electron chi connectivity index (χ1n) is 4.34. The number of ketones is 1. The summed E-state index contributed by atoms with van der Waals surface area (Å²) < 4.78 is 5.86. The molecule has 16 heavy (non-hydrogen) atoms. The van der Waals surface area contributed by atoms with Gasteiger partial charge in [0.1, 0.15) is 0 Å². The second kappa shape index (κ2) is 6.58. The predicted octanol–water partition coefficient (Wildman–Crippen LogP) is 1.68. The van der Waals surface area contributed by atoms with E-state index in [-0.39, 0.29) is 18.9 Å². The van der Waals surface area contributed by atoms with Crippen LogP contribution < -0.4 is 9.20 Å². The van der Waals surface area contributed by atoms with Gasteiger partial charge in [0.2, 0.25) is 0 Å². The van der Waals surface area contributed by atoms with E-state index < -0.39 is 2.13 Å². The van der Waals surface area contributed by atoms with E-state index in [1.165, 1.54) is 4.46 Å². The molecule has 0 fully saturated rings. The molecule has 0 unspecified atom stereocenters. The zero-order valence-electron chi connectivity index (χ0n) is 8.70. The van der Waals surface area contributed by atoms with Crippen LogP contribution in [0.25, 0.3) is 0 Å². The average molecular weight is 481 g/mol. The summed E-state index contributed by atoms with van der Waals surface area (Å²) in [6, 6.07) is 8.00. The van der Waals surface area contributed by atoms with Gasteiger partial charge < -0.3 is 0 Å². The van der Waals surface area contributed by atoms with Gasteiger partial charge in [-0.1, -0.05) is 0 Å². The number of alkyl halides is 2. The van der Waals surface area contributed by atoms with Gasteiger partial charge in [0.05, 0.1) is 0 Å². The molecule has 88 valence electrons. The second-order valence-corrected chi connectivity index (χ2v) is 15.3. The standard InChI is InChI=1S/C10H10Br2O2Se2/c1-7(13)10(11,12)16-15-9-5-3-8(14-2)4-6-9/h3-6H,1-2H3/i10+1. The molecular formula is C10H10Br2O2Se2. The summed E-state index contributed by atoms with van der Waals surface area (Å²) in [7, 11) is 1.65. The number of rotatable bonds is 5. The molecular weight excluding hydrogens is 471 g/mol. The van der Waals surface area contributed by atoms with Crippen molar-refractivity contribution >= 4 is 68.4 Å². The summed E-state index contributed by atoms with van der Waals surface area (Å²) in [4.78, 5) is 11.3. The molecule has 0 spiro atoms. The van der Waals surface area contributed by atoms with Crippen LogP contribution in [0.1, 0.15) is 6.92 Å². The molecule has 0 heterocycles. The Morgan fingerprint density at radius 2 is 1.88 bits per heavy atom. The number of carbonyl (C=O) groups excluding carboxylic acids is 1. The SMILES string of the molecule is COc1ccc([Se][Se][13C](Br)(Br)C(C)=O)cc1. The molecule has 0 aliphatic carbocycles. The Bertz CT molecular complexity index is 366. The van der Waals surface area contributed by atoms with Crippen molar-refractivity contribution in [2.45, 2.75) is 9.06 Å². The third-order valence-electron chi connectivity index (χ3n) is 1.71. The predicted molar refractivity (Wildman–Crippen MR) is 75.4 cm³/mol. The first kappa shape index (κ1) is 14.7. The number of carbonyl (C=O) groups is 1. The summed E-state index contributed by atoms with van der Waals surface area (Å²) in [5, 5.41) is 0. The Balaban J connectivity index is 2.58. The van der Waals surface area contributed by atoms with Crippen LogP contribution in [0.3, 0.4) is 0 Å². The van der Waals surface area contributed by atoms with Crippen LogP contribution in [0.15, 0.2) is 24.3 Å². The van der Waals surface area contributed by atoms with E-state index in [2.05, 4.69) is 44.0 Å². The zero-order valence-corrected chi connectivity index (χ0v) is 15.3. The number of hydrogen-bond acceptors (Lipinski definition) is 2. The maximum absolute atomic E-state index is 11.3. The molecule has 0 aromatic heterocycles. The normalized spacial score (nSPS) is 11.2. The van der Waals surface area contributed by atoms with E-state index in [9.17, 15) is 4.79 Å². The van der Waals surface area contributed by atoms with Crippen LogP contribution in [0.4, 0.5) is 0 Å². The van der Waals surface area contributed by atoms with E-state index >= 15 is 0 Å². The molecule has 0 aliphatic heterocycles. The molecule has 1 rings (SSSR count). The van der Waals surface area contributed by atoms with Crippen LogP contribution >= 0.6 is 31.9 Å². The van der Waals surface area contributed by atoms with E-state index in [1.807, 2.05) is 12.1 Å². The molecule has 1 aromatic carbocycles. The minimum absolute atomic E-state index is 0.128. The number of methoxy groups -OCH3 is 1. The van der Waals surface area contributed by atoms with Gasteiger partial charge >= 0.3 is 124 Å². The third kappa shape index (κ3) is 4.52. The van der Waals surface area contributed by atoms with Crippen LogP contribution in [-0.4, -0.2) is 41.3 Å². The Morgan fingerprint density at radius 3 is 2.31 bits per heavy atom. The summed E-state index contributed by atoms with van der Waals surface area (Å²) in [5.74, 6) is 0.991. The van der Waals surface area contributed by atoms with Gasteiger partial charge in [-0.2, -0.15) is 0 Å². The van der Waals surface area contributed by atoms with Crippen molar-refractivity contribution in [3.05, 3.63) is 24.3 Å². The van der Waals surface area contributed by atoms with Crippen LogP contribution in [0.2, 0.25) is 0 Å². The molecule has 0 bridgehead atoms. The van der Waals surface area contributed by atoms with Crippen LogP contribution in [0, 0.1) is 0 Å². The fraction of sp³-hybridized carbons (Fsp3) is 0.300. The monoisotopic (exact) mass is 481 g/mol. The van der Waals surface area contributed by atoms with Crippen molar-refractivity contribution < 1.29 is 9.53 Å². The molecule has 0 saturated heterocycles. The molecule has 0 amide bonds. The van der Waals surface area contributed by atoms with Gasteiger partial charge in [-0.15, -0.1) is 0 Å². The van der Waals surface area contributed by atoms with Gasteiger partial charge in [0, 0.05) is 0 Å². The number of hydrogen-bond donors (Lipinski definition) is 0. The van der Waals surface area contributed by atoms with Crippen molar-refractivity contribution in [2.24, 2.45) is 0 Å². The van der Waals surface area contributed by atoms with Gasteiger partial charge in [-0.3, -0.25) is 0 Å². The summed E-state index contributed by atoms with van der Waals surface area (Å²) in [6.45, 7) is 1.59. The zero-order chi connectivity index (χ0) is 12.2. The fourth-order valence-corrected chi connectivity index (χ4v) is 10.2. The number of halogens is 2. The van der Waals surface area contributed by atoms with E-state index in [0.717, 1.165) is 5.75 Å². The molecule has 0 atom stereocenters. The van der Waals surface area contributed by atoms with Gasteiger partial charge in [0.25, 0.3) is 0 Å². The fourth-order valence-electron chi connectivity index (χ4n) is 0.790. The minimum atomic E-state index is -0.507. The van der Waals surface area contributed by atoms with Crippen molar-refractivity contribution in [2.75, 3.05) is 7.11 Å². The van der Waals surface area contributed by atoms with Crippen molar-refractivity contribution in [3.63, 3.8) is 0 Å². The Morgan fingerprint density at radius 1 is 1.31 bits per heavy atom. The van der Waals surface area contributed by atoms with Gasteiger partial charge in [0.15, 0.2) is 0 Å². The Labute approximate surface area is 123 Å². The molecule has 0 N–H and O–H groups in total. The van der Waals surface area contributed by atoms with Crippen molar-refractivity contribution in [1.82, 2.24) is 0 Å². The Kier molecular flexibility index (Phi) is 6.06. The van der Waals surface area contributed by atoms with E-state index in [4.69, 9.17) is 4.74 Å². The number of benzene rings is 1. The molecule has 0 radical (unpaired) electrons. The topological polar surface area (TPSA) is 26.3 Å². The quantitative estimate of drug-likeness (QED) is 0.364. The van der Waals surface area contributed by atoms with Crippen molar-refractivity contribution in [1.29, 1.82) is 0 Å².